The highest BCUT2D eigenvalue weighted by Gasteiger charge is 2.48. The van der Waals surface area contributed by atoms with Crippen molar-refractivity contribution in [3.63, 3.8) is 0 Å². The summed E-state index contributed by atoms with van der Waals surface area (Å²) in [6.07, 6.45) is 0.343. The van der Waals surface area contributed by atoms with Crippen molar-refractivity contribution in [3.8, 4) is 12.1 Å². The fourth-order valence-electron chi connectivity index (χ4n) is 5.25. The molecule has 1 N–H and O–H groups in total. The van der Waals surface area contributed by atoms with E-state index in [2.05, 4.69) is 10.3 Å². The fraction of sp³-hybridized carbons (Fsp3) is 0.267. The second-order valence-corrected chi connectivity index (χ2v) is 10.5. The van der Waals surface area contributed by atoms with Gasteiger partial charge < -0.3 is 5.32 Å². The van der Waals surface area contributed by atoms with Gasteiger partial charge in [0.05, 0.1) is 23.3 Å². The summed E-state index contributed by atoms with van der Waals surface area (Å²) in [6, 6.07) is 15.8. The number of nitrogens with zero attached hydrogens (tertiary/aromatic N) is 5. The number of alkyl halides is 2. The molecule has 1 aliphatic heterocycles. The molecule has 2 fully saturated rings. The van der Waals surface area contributed by atoms with Crippen LogP contribution in [0.4, 0.5) is 20.3 Å². The third-order valence-electron chi connectivity index (χ3n) is 7.25. The Kier molecular flexibility index (Phi) is 7.88. The zero-order valence-corrected chi connectivity index (χ0v) is 22.8. The molecule has 0 bridgehead atoms. The average Bonchev–Trinajstić information content (AvgIpc) is 3.36. The molecule has 1 aliphatic carbocycles. The fourth-order valence-corrected chi connectivity index (χ4v) is 5.49. The van der Waals surface area contributed by atoms with Gasteiger partial charge in [-0.25, -0.2) is 13.8 Å². The molecular weight excluding hydrogens is 566 g/mol. The van der Waals surface area contributed by atoms with Gasteiger partial charge in [0.25, 0.3) is 11.8 Å². The van der Waals surface area contributed by atoms with Crippen molar-refractivity contribution in [1.29, 1.82) is 10.5 Å². The number of pyridine rings is 1. The summed E-state index contributed by atoms with van der Waals surface area (Å²) in [6.45, 7) is 0. The Morgan fingerprint density at radius 3 is 2.48 bits per heavy atom. The van der Waals surface area contributed by atoms with Crippen molar-refractivity contribution < 1.29 is 23.2 Å². The molecule has 42 heavy (non-hydrogen) atoms. The van der Waals surface area contributed by atoms with Crippen LogP contribution in [0.1, 0.15) is 48.4 Å². The molecule has 2 aliphatic rings. The van der Waals surface area contributed by atoms with Crippen LogP contribution >= 0.6 is 11.6 Å². The quantitative estimate of drug-likeness (QED) is 0.427. The molecular formula is C30H23ClF2N6O3. The molecule has 9 nitrogen and oxygen atoms in total. The summed E-state index contributed by atoms with van der Waals surface area (Å²) in [7, 11) is 0. The number of halogens is 3. The summed E-state index contributed by atoms with van der Waals surface area (Å²) >= 11 is 6.53. The molecule has 2 heterocycles. The van der Waals surface area contributed by atoms with Gasteiger partial charge in [0.1, 0.15) is 17.9 Å². The number of hydrogen-bond donors (Lipinski definition) is 1. The van der Waals surface area contributed by atoms with E-state index in [0.29, 0.717) is 0 Å². The van der Waals surface area contributed by atoms with Gasteiger partial charge in [-0.2, -0.15) is 10.5 Å². The first kappa shape index (κ1) is 28.7. The number of aromatic nitrogens is 1. The van der Waals surface area contributed by atoms with E-state index < -0.39 is 54.6 Å². The van der Waals surface area contributed by atoms with Crippen LogP contribution < -0.4 is 15.1 Å². The van der Waals surface area contributed by atoms with Crippen LogP contribution in [0.2, 0.25) is 5.02 Å². The summed E-state index contributed by atoms with van der Waals surface area (Å²) in [5.41, 5.74) is 0.815. The topological polar surface area (TPSA) is 130 Å². The highest BCUT2D eigenvalue weighted by molar-refractivity contribution is 6.31. The first-order valence-electron chi connectivity index (χ1n) is 13.1. The molecule has 1 aromatic heterocycles. The lowest BCUT2D eigenvalue weighted by molar-refractivity contribution is -0.133. The minimum atomic E-state index is -2.90. The lowest BCUT2D eigenvalue weighted by atomic mass is 9.87. The summed E-state index contributed by atoms with van der Waals surface area (Å²) < 4.78 is 27.3. The van der Waals surface area contributed by atoms with E-state index in [1.54, 1.807) is 18.2 Å². The molecule has 3 aromatic rings. The van der Waals surface area contributed by atoms with Gasteiger partial charge in [0.2, 0.25) is 11.8 Å². The molecule has 2 aromatic carbocycles. The largest absolute Gasteiger partial charge is 0.351 e. The van der Waals surface area contributed by atoms with Crippen LogP contribution in [-0.2, 0) is 14.4 Å². The van der Waals surface area contributed by atoms with Crippen molar-refractivity contribution in [2.45, 2.75) is 49.7 Å². The summed E-state index contributed by atoms with van der Waals surface area (Å²) in [5, 5.41) is 21.7. The smallest absolute Gasteiger partial charge is 0.252 e. The Bertz CT molecular complexity index is 1640. The number of carbonyl (C=O) groups excluding carboxylic acids is 3. The van der Waals surface area contributed by atoms with Gasteiger partial charge in [0.15, 0.2) is 0 Å². The Morgan fingerprint density at radius 2 is 1.79 bits per heavy atom. The monoisotopic (exact) mass is 588 g/mol. The maximum absolute atomic E-state index is 14.5. The van der Waals surface area contributed by atoms with Crippen molar-refractivity contribution in [2.75, 3.05) is 9.80 Å². The predicted octanol–water partition coefficient (Wildman–Crippen LogP) is 4.66. The van der Waals surface area contributed by atoms with Gasteiger partial charge in [-0.05, 0) is 42.8 Å². The number of anilines is 2. The van der Waals surface area contributed by atoms with Crippen LogP contribution in [0.25, 0.3) is 0 Å². The normalized spacial score (nSPS) is 18.4. The highest BCUT2D eigenvalue weighted by atomic mass is 35.5. The second-order valence-electron chi connectivity index (χ2n) is 10.1. The third kappa shape index (κ3) is 5.65. The zero-order valence-electron chi connectivity index (χ0n) is 22.0. The minimum Gasteiger partial charge on any atom is -0.351 e. The molecule has 1 unspecified atom stereocenters. The lowest BCUT2D eigenvalue weighted by Gasteiger charge is -2.39. The molecule has 2 atom stereocenters. The average molecular weight is 589 g/mol. The minimum absolute atomic E-state index is 0.00105. The Labute approximate surface area is 244 Å². The van der Waals surface area contributed by atoms with Crippen LogP contribution in [0, 0.1) is 22.7 Å². The number of rotatable bonds is 7. The van der Waals surface area contributed by atoms with Gasteiger partial charge in [-0.3, -0.25) is 24.2 Å². The number of benzene rings is 2. The maximum atomic E-state index is 14.5. The van der Waals surface area contributed by atoms with Crippen LogP contribution in [0.5, 0.6) is 0 Å². The first-order chi connectivity index (χ1) is 20.1. The predicted molar refractivity (Wildman–Crippen MR) is 148 cm³/mol. The maximum Gasteiger partial charge on any atom is 0.252 e. The van der Waals surface area contributed by atoms with Crippen molar-refractivity contribution >= 4 is 40.8 Å². The van der Waals surface area contributed by atoms with Crippen LogP contribution in [0.3, 0.4) is 0 Å². The Balaban J connectivity index is 1.62. The van der Waals surface area contributed by atoms with Crippen LogP contribution in [-0.4, -0.2) is 40.7 Å². The number of hydrogen-bond acceptors (Lipinski definition) is 6. The third-order valence-corrected chi connectivity index (χ3v) is 7.60. The Hall–Kier alpha value is -4.87. The highest BCUT2D eigenvalue weighted by Crippen LogP contribution is 2.40. The van der Waals surface area contributed by atoms with Crippen molar-refractivity contribution in [2.24, 2.45) is 0 Å². The number of nitrogens with one attached hydrogen (secondary N) is 1. The lowest BCUT2D eigenvalue weighted by Crippen LogP contribution is -2.56. The zero-order chi connectivity index (χ0) is 30.0. The van der Waals surface area contributed by atoms with Gasteiger partial charge in [-0.1, -0.05) is 35.9 Å². The van der Waals surface area contributed by atoms with Gasteiger partial charge >= 0.3 is 0 Å². The van der Waals surface area contributed by atoms with E-state index in [9.17, 15) is 33.7 Å². The van der Waals surface area contributed by atoms with Crippen molar-refractivity contribution in [1.82, 2.24) is 10.3 Å². The molecule has 0 spiro atoms. The summed E-state index contributed by atoms with van der Waals surface area (Å²) in [5.74, 6) is -4.64. The molecule has 5 rings (SSSR count). The molecule has 0 radical (unpaired) electrons. The van der Waals surface area contributed by atoms with E-state index in [0.717, 1.165) is 4.90 Å². The van der Waals surface area contributed by atoms with E-state index >= 15 is 0 Å². The summed E-state index contributed by atoms with van der Waals surface area (Å²) in [4.78, 5) is 48.0. The molecule has 3 amide bonds. The van der Waals surface area contributed by atoms with E-state index in [4.69, 9.17) is 11.6 Å². The number of carbonyl (C=O) groups is 3. The number of nitriles is 2. The van der Waals surface area contributed by atoms with Gasteiger partial charge in [-0.15, -0.1) is 0 Å². The molecule has 12 heteroatoms. The number of amides is 3. The first-order valence-corrected chi connectivity index (χ1v) is 13.4. The van der Waals surface area contributed by atoms with Crippen LogP contribution in [0.15, 0.2) is 66.9 Å². The second kappa shape index (κ2) is 11.6. The van der Waals surface area contributed by atoms with E-state index in [-0.39, 0.29) is 46.1 Å². The van der Waals surface area contributed by atoms with Gasteiger partial charge in [0, 0.05) is 47.8 Å². The van der Waals surface area contributed by atoms with E-state index in [1.807, 2.05) is 12.1 Å². The molecule has 1 saturated heterocycles. The molecule has 212 valence electrons. The standard InChI is InChI=1S/C30H23ClF2N6O3/c31-23-7-2-1-6-22(23)27(28(41)37-20-14-30(32,33)15-20)38(21-5-3-4-18(12-21)16-34)29(42)24-8-9-26(40)39(24)25-13-19(17-35)10-11-36-25/h1-7,10-13,20,24,27H,8-9,14-15H2,(H,37,41)/t24-,27?/m0/s1. The SMILES string of the molecule is N#Cc1cccc(N(C(=O)[C@@H]2CCC(=O)N2c2cc(C#N)ccn2)C(C(=O)NC2CC(F)(F)C2)c2ccccc2Cl)c1. The molecule has 1 saturated carbocycles. The van der Waals surface area contributed by atoms with Crippen molar-refractivity contribution in [3.05, 3.63) is 88.6 Å². The Morgan fingerprint density at radius 1 is 1.07 bits per heavy atom. The van der Waals surface area contributed by atoms with E-state index in [1.165, 1.54) is 53.6 Å².